The quantitative estimate of drug-likeness (QED) is 0.805. The molecule has 1 unspecified atom stereocenters. The molecule has 16 heavy (non-hydrogen) atoms. The molecule has 1 rings (SSSR count). The molecular weight excluding hydrogens is 202 g/mol. The third kappa shape index (κ3) is 3.72. The molecule has 0 aromatic carbocycles. The van der Waals surface area contributed by atoms with Crippen LogP contribution in [0, 0.1) is 5.92 Å². The van der Waals surface area contributed by atoms with Crippen LogP contribution in [-0.2, 0) is 11.2 Å². The highest BCUT2D eigenvalue weighted by Crippen LogP contribution is 2.09. The summed E-state index contributed by atoms with van der Waals surface area (Å²) in [5.41, 5.74) is 1.12. The van der Waals surface area contributed by atoms with E-state index < -0.39 is 0 Å². The van der Waals surface area contributed by atoms with Crippen LogP contribution in [0.25, 0.3) is 0 Å². The molecular formula is C13H21NO2. The van der Waals surface area contributed by atoms with Gasteiger partial charge in [-0.1, -0.05) is 13.8 Å². The minimum absolute atomic E-state index is 0.145. The largest absolute Gasteiger partial charge is 0.472 e. The normalized spacial score (nSPS) is 12.8. The first kappa shape index (κ1) is 12.8. The molecule has 1 N–H and O–H groups in total. The number of furan rings is 1. The average molecular weight is 223 g/mol. The second-order valence-electron chi connectivity index (χ2n) is 4.26. The van der Waals surface area contributed by atoms with Crippen molar-refractivity contribution in [1.82, 2.24) is 5.32 Å². The number of hydrogen-bond acceptors (Lipinski definition) is 2. The molecule has 1 atom stereocenters. The Hall–Kier alpha value is -1.25. The Morgan fingerprint density at radius 2 is 2.12 bits per heavy atom. The summed E-state index contributed by atoms with van der Waals surface area (Å²) < 4.78 is 5.00. The summed E-state index contributed by atoms with van der Waals surface area (Å²) in [6, 6.07) is 2.09. The molecule has 0 saturated heterocycles. The first-order valence-electron chi connectivity index (χ1n) is 5.98. The van der Waals surface area contributed by atoms with Crippen molar-refractivity contribution in [2.75, 3.05) is 0 Å². The highest BCUT2D eigenvalue weighted by atomic mass is 16.3. The Bertz CT molecular complexity index is 302. The van der Waals surface area contributed by atoms with Crippen LogP contribution < -0.4 is 5.32 Å². The van der Waals surface area contributed by atoms with Crippen molar-refractivity contribution in [1.29, 1.82) is 0 Å². The van der Waals surface area contributed by atoms with Gasteiger partial charge in [0.15, 0.2) is 0 Å². The monoisotopic (exact) mass is 223 g/mol. The molecule has 3 nitrogen and oxygen atoms in total. The summed E-state index contributed by atoms with van der Waals surface area (Å²) in [6.45, 7) is 6.12. The number of amides is 1. The first-order valence-corrected chi connectivity index (χ1v) is 5.98. The molecule has 1 amide bonds. The standard InChI is InChI=1S/C13H21NO2/c1-4-12(5-2)13(15)14-10(3)8-11-6-7-16-9-11/h6-7,9-10,12H,4-5,8H2,1-3H3,(H,14,15). The van der Waals surface area contributed by atoms with Crippen molar-refractivity contribution in [3.63, 3.8) is 0 Å². The molecule has 0 spiro atoms. The molecule has 1 heterocycles. The maximum Gasteiger partial charge on any atom is 0.223 e. The highest BCUT2D eigenvalue weighted by molar-refractivity contribution is 5.78. The van der Waals surface area contributed by atoms with Crippen molar-refractivity contribution < 1.29 is 9.21 Å². The highest BCUT2D eigenvalue weighted by Gasteiger charge is 2.16. The SMILES string of the molecule is CCC(CC)C(=O)NC(C)Cc1ccoc1. The Morgan fingerprint density at radius 1 is 1.44 bits per heavy atom. The molecule has 1 aromatic heterocycles. The van der Waals surface area contributed by atoms with Gasteiger partial charge in [0.25, 0.3) is 0 Å². The summed E-state index contributed by atoms with van der Waals surface area (Å²) in [5, 5.41) is 3.04. The maximum absolute atomic E-state index is 11.8. The predicted molar refractivity (Wildman–Crippen MR) is 64.1 cm³/mol. The Balaban J connectivity index is 2.39. The Morgan fingerprint density at radius 3 is 2.62 bits per heavy atom. The summed E-state index contributed by atoms with van der Waals surface area (Å²) in [7, 11) is 0. The van der Waals surface area contributed by atoms with Crippen LogP contribution in [0.5, 0.6) is 0 Å². The molecule has 1 aromatic rings. The van der Waals surface area contributed by atoms with Crippen molar-refractivity contribution in [2.24, 2.45) is 5.92 Å². The lowest BCUT2D eigenvalue weighted by atomic mass is 10.0. The summed E-state index contributed by atoms with van der Waals surface area (Å²) in [5.74, 6) is 0.313. The van der Waals surface area contributed by atoms with E-state index in [2.05, 4.69) is 19.2 Å². The Labute approximate surface area is 97.2 Å². The number of hydrogen-bond donors (Lipinski definition) is 1. The van der Waals surface area contributed by atoms with Crippen molar-refractivity contribution in [2.45, 2.75) is 46.1 Å². The van der Waals surface area contributed by atoms with E-state index in [9.17, 15) is 4.79 Å². The van der Waals surface area contributed by atoms with E-state index in [0.717, 1.165) is 24.8 Å². The van der Waals surface area contributed by atoms with Crippen molar-refractivity contribution in [3.05, 3.63) is 24.2 Å². The maximum atomic E-state index is 11.8. The van der Waals surface area contributed by atoms with Gasteiger partial charge in [-0.3, -0.25) is 4.79 Å². The zero-order valence-corrected chi connectivity index (χ0v) is 10.3. The van der Waals surface area contributed by atoms with Crippen LogP contribution in [0.4, 0.5) is 0 Å². The van der Waals surface area contributed by atoms with Gasteiger partial charge in [0.2, 0.25) is 5.91 Å². The topological polar surface area (TPSA) is 42.2 Å². The van der Waals surface area contributed by atoms with Gasteiger partial charge in [-0.2, -0.15) is 0 Å². The smallest absolute Gasteiger partial charge is 0.223 e. The predicted octanol–water partition coefficient (Wildman–Crippen LogP) is 2.76. The van der Waals surface area contributed by atoms with E-state index in [1.165, 1.54) is 0 Å². The van der Waals surface area contributed by atoms with Gasteiger partial charge < -0.3 is 9.73 Å². The van der Waals surface area contributed by atoms with E-state index in [0.29, 0.717) is 0 Å². The fraction of sp³-hybridized carbons (Fsp3) is 0.615. The van der Waals surface area contributed by atoms with E-state index in [4.69, 9.17) is 4.42 Å². The van der Waals surface area contributed by atoms with Crippen molar-refractivity contribution >= 4 is 5.91 Å². The molecule has 3 heteroatoms. The molecule has 0 bridgehead atoms. The molecule has 0 fully saturated rings. The van der Waals surface area contributed by atoms with Gasteiger partial charge in [-0.15, -0.1) is 0 Å². The van der Waals surface area contributed by atoms with E-state index in [-0.39, 0.29) is 17.9 Å². The zero-order valence-electron chi connectivity index (χ0n) is 10.3. The fourth-order valence-corrected chi connectivity index (χ4v) is 1.83. The second kappa shape index (κ2) is 6.36. The molecule has 0 aliphatic rings. The summed E-state index contributed by atoms with van der Waals surface area (Å²) >= 11 is 0. The average Bonchev–Trinajstić information content (AvgIpc) is 2.71. The molecule has 0 aliphatic carbocycles. The molecule has 0 radical (unpaired) electrons. The lowest BCUT2D eigenvalue weighted by Gasteiger charge is -2.17. The van der Waals surface area contributed by atoms with E-state index in [1.807, 2.05) is 13.0 Å². The van der Waals surface area contributed by atoms with Gasteiger partial charge in [-0.05, 0) is 37.8 Å². The lowest BCUT2D eigenvalue weighted by molar-refractivity contribution is -0.125. The fourth-order valence-electron chi connectivity index (χ4n) is 1.83. The van der Waals surface area contributed by atoms with Crippen LogP contribution in [0.3, 0.4) is 0 Å². The van der Waals surface area contributed by atoms with Crippen LogP contribution in [0.15, 0.2) is 23.0 Å². The number of nitrogens with one attached hydrogen (secondary N) is 1. The second-order valence-corrected chi connectivity index (χ2v) is 4.26. The minimum atomic E-state index is 0.145. The number of carbonyl (C=O) groups excluding carboxylic acids is 1. The number of carbonyl (C=O) groups is 1. The van der Waals surface area contributed by atoms with Crippen molar-refractivity contribution in [3.8, 4) is 0 Å². The van der Waals surface area contributed by atoms with E-state index >= 15 is 0 Å². The van der Waals surface area contributed by atoms with Crippen LogP contribution in [0.2, 0.25) is 0 Å². The van der Waals surface area contributed by atoms with Gasteiger partial charge in [0.05, 0.1) is 12.5 Å². The summed E-state index contributed by atoms with van der Waals surface area (Å²) in [6.07, 6.45) is 6.01. The van der Waals surface area contributed by atoms with Gasteiger partial charge in [0, 0.05) is 12.0 Å². The summed E-state index contributed by atoms with van der Waals surface area (Å²) in [4.78, 5) is 11.8. The number of rotatable bonds is 6. The minimum Gasteiger partial charge on any atom is -0.472 e. The Kier molecular flexibility index (Phi) is 5.09. The van der Waals surface area contributed by atoms with Crippen LogP contribution in [0.1, 0.15) is 39.2 Å². The molecule has 0 aliphatic heterocycles. The van der Waals surface area contributed by atoms with Gasteiger partial charge >= 0.3 is 0 Å². The van der Waals surface area contributed by atoms with Crippen LogP contribution >= 0.6 is 0 Å². The third-order valence-electron chi connectivity index (χ3n) is 2.87. The van der Waals surface area contributed by atoms with Gasteiger partial charge in [0.1, 0.15) is 0 Å². The van der Waals surface area contributed by atoms with Gasteiger partial charge in [-0.25, -0.2) is 0 Å². The lowest BCUT2D eigenvalue weighted by Crippen LogP contribution is -2.38. The molecule has 90 valence electrons. The zero-order chi connectivity index (χ0) is 12.0. The first-order chi connectivity index (χ1) is 7.67. The van der Waals surface area contributed by atoms with Crippen LogP contribution in [-0.4, -0.2) is 11.9 Å². The third-order valence-corrected chi connectivity index (χ3v) is 2.87. The van der Waals surface area contributed by atoms with E-state index in [1.54, 1.807) is 12.5 Å². The molecule has 0 saturated carbocycles.